The van der Waals surface area contributed by atoms with Crippen LogP contribution in [0.2, 0.25) is 0 Å². The molecular formula is C13H20O5. The predicted molar refractivity (Wildman–Crippen MR) is 64.4 cm³/mol. The van der Waals surface area contributed by atoms with Crippen molar-refractivity contribution in [2.75, 3.05) is 13.2 Å². The van der Waals surface area contributed by atoms with E-state index in [4.69, 9.17) is 19.3 Å². The molecule has 0 radical (unpaired) electrons. The van der Waals surface area contributed by atoms with Gasteiger partial charge in [0, 0.05) is 13.0 Å². The number of carboxylic acids is 1. The van der Waals surface area contributed by atoms with Crippen LogP contribution in [0, 0.1) is 0 Å². The molecule has 0 saturated carbocycles. The zero-order valence-corrected chi connectivity index (χ0v) is 10.4. The van der Waals surface area contributed by atoms with E-state index in [1.54, 1.807) is 6.08 Å². The summed E-state index contributed by atoms with van der Waals surface area (Å²) in [5.41, 5.74) is 0. The maximum atomic E-state index is 10.9. The van der Waals surface area contributed by atoms with Crippen molar-refractivity contribution < 1.29 is 24.1 Å². The van der Waals surface area contributed by atoms with Crippen LogP contribution >= 0.6 is 0 Å². The zero-order chi connectivity index (χ0) is 13.0. The molecule has 5 heteroatoms. The van der Waals surface area contributed by atoms with Crippen LogP contribution in [0.15, 0.2) is 12.7 Å². The Morgan fingerprint density at radius 2 is 2.33 bits per heavy atom. The van der Waals surface area contributed by atoms with Gasteiger partial charge in [-0.05, 0) is 12.8 Å². The molecule has 18 heavy (non-hydrogen) atoms. The summed E-state index contributed by atoms with van der Waals surface area (Å²) in [4.78, 5) is 10.9. The summed E-state index contributed by atoms with van der Waals surface area (Å²) in [6.07, 6.45) is 3.70. The third kappa shape index (κ3) is 3.31. The molecule has 0 aliphatic carbocycles. The molecular weight excluding hydrogens is 236 g/mol. The van der Waals surface area contributed by atoms with Crippen LogP contribution in [0.4, 0.5) is 0 Å². The van der Waals surface area contributed by atoms with Gasteiger partial charge in [-0.15, -0.1) is 6.58 Å². The molecule has 0 aromatic carbocycles. The van der Waals surface area contributed by atoms with Crippen molar-refractivity contribution in [3.8, 4) is 0 Å². The number of carboxylic acid groups (broad SMARTS) is 1. The fourth-order valence-electron chi connectivity index (χ4n) is 2.60. The second-order valence-corrected chi connectivity index (χ2v) is 4.76. The zero-order valence-electron chi connectivity index (χ0n) is 10.4. The van der Waals surface area contributed by atoms with Crippen LogP contribution in [-0.2, 0) is 19.0 Å². The molecule has 2 saturated heterocycles. The van der Waals surface area contributed by atoms with Gasteiger partial charge < -0.3 is 19.3 Å². The van der Waals surface area contributed by atoms with E-state index in [1.165, 1.54) is 0 Å². The standard InChI is InChI=1S/C13H20O5/c1-2-5-16-11-7-10-9(4-3-6-17-10)18-12(11)8-13(14)15/h2,9-12H,1,3-8H2,(H,14,15)/t9-,10+,11-,12+/m0/s1. The number of hydrogen-bond acceptors (Lipinski definition) is 4. The van der Waals surface area contributed by atoms with E-state index in [0.717, 1.165) is 19.4 Å². The Morgan fingerprint density at radius 1 is 1.50 bits per heavy atom. The Hall–Kier alpha value is -0.910. The Bertz CT molecular complexity index is 304. The third-order valence-corrected chi connectivity index (χ3v) is 3.41. The second kappa shape index (κ2) is 6.31. The molecule has 2 heterocycles. The molecule has 2 aliphatic heterocycles. The summed E-state index contributed by atoms with van der Waals surface area (Å²) >= 11 is 0. The first-order chi connectivity index (χ1) is 8.70. The van der Waals surface area contributed by atoms with E-state index >= 15 is 0 Å². The Kier molecular flexibility index (Phi) is 4.74. The number of ether oxygens (including phenoxy) is 3. The quantitative estimate of drug-likeness (QED) is 0.753. The van der Waals surface area contributed by atoms with Crippen LogP contribution in [0.1, 0.15) is 25.7 Å². The van der Waals surface area contributed by atoms with Crippen molar-refractivity contribution in [2.24, 2.45) is 0 Å². The van der Waals surface area contributed by atoms with Gasteiger partial charge >= 0.3 is 5.97 Å². The highest BCUT2D eigenvalue weighted by molar-refractivity contribution is 5.67. The molecule has 5 nitrogen and oxygen atoms in total. The van der Waals surface area contributed by atoms with Gasteiger partial charge in [-0.3, -0.25) is 4.79 Å². The molecule has 4 atom stereocenters. The molecule has 0 unspecified atom stereocenters. The Balaban J connectivity index is 1.98. The van der Waals surface area contributed by atoms with Gasteiger partial charge in [0.2, 0.25) is 0 Å². The van der Waals surface area contributed by atoms with Gasteiger partial charge in [0.25, 0.3) is 0 Å². The fourth-order valence-corrected chi connectivity index (χ4v) is 2.60. The van der Waals surface area contributed by atoms with Crippen LogP contribution in [0.3, 0.4) is 0 Å². The van der Waals surface area contributed by atoms with Crippen molar-refractivity contribution in [3.05, 3.63) is 12.7 Å². The highest BCUT2D eigenvalue weighted by Gasteiger charge is 2.41. The summed E-state index contributed by atoms with van der Waals surface area (Å²) in [6, 6.07) is 0. The second-order valence-electron chi connectivity index (χ2n) is 4.76. The van der Waals surface area contributed by atoms with Crippen molar-refractivity contribution in [2.45, 2.75) is 50.1 Å². The molecule has 2 fully saturated rings. The van der Waals surface area contributed by atoms with Gasteiger partial charge in [-0.2, -0.15) is 0 Å². The number of rotatable bonds is 5. The van der Waals surface area contributed by atoms with Crippen LogP contribution in [0.25, 0.3) is 0 Å². The molecule has 102 valence electrons. The fraction of sp³-hybridized carbons (Fsp3) is 0.769. The lowest BCUT2D eigenvalue weighted by atomic mass is 9.92. The smallest absolute Gasteiger partial charge is 0.306 e. The normalized spacial score (nSPS) is 35.8. The average molecular weight is 256 g/mol. The minimum absolute atomic E-state index is 0.0201. The van der Waals surface area contributed by atoms with E-state index in [9.17, 15) is 4.79 Å². The highest BCUT2D eigenvalue weighted by Crippen LogP contribution is 2.31. The Labute approximate surface area is 107 Å². The van der Waals surface area contributed by atoms with E-state index < -0.39 is 5.97 Å². The van der Waals surface area contributed by atoms with Crippen molar-refractivity contribution in [1.29, 1.82) is 0 Å². The summed E-state index contributed by atoms with van der Waals surface area (Å²) < 4.78 is 17.1. The van der Waals surface area contributed by atoms with E-state index in [0.29, 0.717) is 13.0 Å². The van der Waals surface area contributed by atoms with Crippen molar-refractivity contribution in [3.63, 3.8) is 0 Å². The highest BCUT2D eigenvalue weighted by atomic mass is 16.6. The van der Waals surface area contributed by atoms with Crippen LogP contribution < -0.4 is 0 Å². The lowest BCUT2D eigenvalue weighted by Gasteiger charge is -2.43. The third-order valence-electron chi connectivity index (χ3n) is 3.41. The van der Waals surface area contributed by atoms with Crippen LogP contribution in [0.5, 0.6) is 0 Å². The first-order valence-corrected chi connectivity index (χ1v) is 6.42. The summed E-state index contributed by atoms with van der Waals surface area (Å²) in [5.74, 6) is -0.859. The molecule has 1 N–H and O–H groups in total. The minimum atomic E-state index is -0.859. The maximum absolute atomic E-state index is 10.9. The molecule has 0 bridgehead atoms. The number of aliphatic carboxylic acids is 1. The predicted octanol–water partition coefficient (Wildman–Crippen LogP) is 1.37. The molecule has 2 aliphatic rings. The minimum Gasteiger partial charge on any atom is -0.481 e. The monoisotopic (exact) mass is 256 g/mol. The van der Waals surface area contributed by atoms with Gasteiger partial charge in [0.05, 0.1) is 37.4 Å². The van der Waals surface area contributed by atoms with Crippen LogP contribution in [-0.4, -0.2) is 48.7 Å². The molecule has 0 aromatic rings. The lowest BCUT2D eigenvalue weighted by Crippen LogP contribution is -2.51. The van der Waals surface area contributed by atoms with Gasteiger partial charge in [0.15, 0.2) is 0 Å². The molecule has 0 spiro atoms. The van der Waals surface area contributed by atoms with Gasteiger partial charge in [-0.1, -0.05) is 6.08 Å². The number of fused-ring (bicyclic) bond motifs is 1. The SMILES string of the molecule is C=CCO[C@H]1C[C@H]2OCCC[C@@H]2O[C@@H]1CC(=O)O. The first-order valence-electron chi connectivity index (χ1n) is 6.42. The van der Waals surface area contributed by atoms with E-state index in [2.05, 4.69) is 6.58 Å². The van der Waals surface area contributed by atoms with Crippen molar-refractivity contribution >= 4 is 5.97 Å². The summed E-state index contributed by atoms with van der Waals surface area (Å²) in [7, 11) is 0. The molecule has 2 rings (SSSR count). The largest absolute Gasteiger partial charge is 0.481 e. The van der Waals surface area contributed by atoms with Crippen molar-refractivity contribution in [1.82, 2.24) is 0 Å². The maximum Gasteiger partial charge on any atom is 0.306 e. The summed E-state index contributed by atoms with van der Waals surface area (Å²) in [5, 5.41) is 8.92. The average Bonchev–Trinajstić information content (AvgIpc) is 2.35. The Morgan fingerprint density at radius 3 is 3.06 bits per heavy atom. The topological polar surface area (TPSA) is 65.0 Å². The molecule has 0 amide bonds. The van der Waals surface area contributed by atoms with Gasteiger partial charge in [0.1, 0.15) is 0 Å². The van der Waals surface area contributed by atoms with Gasteiger partial charge in [-0.25, -0.2) is 0 Å². The van der Waals surface area contributed by atoms with E-state index in [-0.39, 0.29) is 30.8 Å². The molecule has 0 aromatic heterocycles. The lowest BCUT2D eigenvalue weighted by molar-refractivity contribution is -0.213. The van der Waals surface area contributed by atoms with E-state index in [1.807, 2.05) is 0 Å². The summed E-state index contributed by atoms with van der Waals surface area (Å²) in [6.45, 7) is 4.76. The number of hydrogen-bond donors (Lipinski definition) is 1. The number of carbonyl (C=O) groups is 1. The first kappa shape index (κ1) is 13.5.